The van der Waals surface area contributed by atoms with Crippen LogP contribution in [-0.4, -0.2) is 24.5 Å². The van der Waals surface area contributed by atoms with Crippen molar-refractivity contribution in [2.24, 2.45) is 0 Å². The number of methoxy groups -OCH3 is 1. The van der Waals surface area contributed by atoms with E-state index in [9.17, 15) is 4.79 Å². The first-order valence-corrected chi connectivity index (χ1v) is 7.82. The third-order valence-corrected chi connectivity index (χ3v) is 4.99. The Morgan fingerprint density at radius 3 is 2.86 bits per heavy atom. The number of hydrogen-bond donors (Lipinski definition) is 0. The van der Waals surface area contributed by atoms with Crippen LogP contribution in [0.1, 0.15) is 33.1 Å². The molecule has 4 heteroatoms. The van der Waals surface area contributed by atoms with Crippen molar-refractivity contribution in [1.29, 1.82) is 0 Å². The standard InChI is InChI=1S/C18H16ClNO2/c1-22-17-10-14-12(8-15(17)19)9-16-13-5-3-2-4-11(13)6-7-20(16)18(14)21/h2-5,8,10,16H,6-7,9H2,1H3/t16-/m0/s1. The van der Waals surface area contributed by atoms with Gasteiger partial charge in [0.05, 0.1) is 18.2 Å². The summed E-state index contributed by atoms with van der Waals surface area (Å²) >= 11 is 6.23. The molecular formula is C18H16ClNO2. The Morgan fingerprint density at radius 1 is 1.23 bits per heavy atom. The predicted octanol–water partition coefficient (Wildman–Crippen LogP) is 3.64. The Bertz CT molecular complexity index is 772. The highest BCUT2D eigenvalue weighted by Crippen LogP contribution is 2.40. The summed E-state index contributed by atoms with van der Waals surface area (Å²) in [5, 5.41) is 0.562. The summed E-state index contributed by atoms with van der Waals surface area (Å²) in [4.78, 5) is 14.9. The van der Waals surface area contributed by atoms with Crippen LogP contribution in [0.5, 0.6) is 5.75 Å². The Morgan fingerprint density at radius 2 is 2.05 bits per heavy atom. The summed E-state index contributed by atoms with van der Waals surface area (Å²) in [7, 11) is 1.57. The quantitative estimate of drug-likeness (QED) is 0.804. The van der Waals surface area contributed by atoms with E-state index in [1.54, 1.807) is 13.2 Å². The van der Waals surface area contributed by atoms with Crippen LogP contribution in [0.15, 0.2) is 36.4 Å². The molecule has 4 rings (SSSR count). The van der Waals surface area contributed by atoms with Gasteiger partial charge in [-0.3, -0.25) is 4.79 Å². The van der Waals surface area contributed by atoms with Gasteiger partial charge in [0.1, 0.15) is 5.75 Å². The van der Waals surface area contributed by atoms with Gasteiger partial charge < -0.3 is 9.64 Å². The molecule has 0 bridgehead atoms. The fourth-order valence-corrected chi connectivity index (χ4v) is 3.86. The molecule has 2 aliphatic rings. The van der Waals surface area contributed by atoms with Crippen LogP contribution in [0, 0.1) is 0 Å². The van der Waals surface area contributed by atoms with Crippen molar-refractivity contribution in [3.8, 4) is 5.75 Å². The van der Waals surface area contributed by atoms with Crippen LogP contribution in [0.3, 0.4) is 0 Å². The lowest BCUT2D eigenvalue weighted by atomic mass is 9.84. The Balaban J connectivity index is 1.83. The summed E-state index contributed by atoms with van der Waals surface area (Å²) in [6.07, 6.45) is 1.72. The summed E-state index contributed by atoms with van der Waals surface area (Å²) in [6.45, 7) is 0.769. The lowest BCUT2D eigenvalue weighted by Crippen LogP contribution is -2.44. The lowest BCUT2D eigenvalue weighted by molar-refractivity contribution is 0.0631. The first kappa shape index (κ1) is 13.6. The lowest BCUT2D eigenvalue weighted by Gasteiger charge is -2.41. The van der Waals surface area contributed by atoms with Crippen LogP contribution in [0.2, 0.25) is 5.02 Å². The van der Waals surface area contributed by atoms with E-state index in [-0.39, 0.29) is 11.9 Å². The SMILES string of the molecule is COc1cc2c(cc1Cl)C[C@H]1c3ccccc3CCN1C2=O. The molecule has 22 heavy (non-hydrogen) atoms. The monoisotopic (exact) mass is 313 g/mol. The van der Waals surface area contributed by atoms with Crippen LogP contribution < -0.4 is 4.74 Å². The van der Waals surface area contributed by atoms with Crippen LogP contribution in [0.4, 0.5) is 0 Å². The third kappa shape index (κ3) is 1.92. The van der Waals surface area contributed by atoms with Gasteiger partial charge in [-0.05, 0) is 41.7 Å². The fourth-order valence-electron chi connectivity index (χ4n) is 3.60. The fraction of sp³-hybridized carbons (Fsp3) is 0.278. The van der Waals surface area contributed by atoms with Crippen molar-refractivity contribution in [3.63, 3.8) is 0 Å². The minimum Gasteiger partial charge on any atom is -0.495 e. The van der Waals surface area contributed by atoms with Gasteiger partial charge in [-0.2, -0.15) is 0 Å². The number of amides is 1. The molecule has 1 atom stereocenters. The van der Waals surface area contributed by atoms with E-state index in [4.69, 9.17) is 16.3 Å². The van der Waals surface area contributed by atoms with Crippen LogP contribution in [0.25, 0.3) is 0 Å². The minimum atomic E-state index is 0.0794. The first-order chi connectivity index (χ1) is 10.7. The van der Waals surface area contributed by atoms with Gasteiger partial charge in [-0.15, -0.1) is 0 Å². The Hall–Kier alpha value is -2.00. The molecular weight excluding hydrogens is 298 g/mol. The van der Waals surface area contributed by atoms with Crippen molar-refractivity contribution in [1.82, 2.24) is 4.90 Å². The molecule has 0 saturated heterocycles. The van der Waals surface area contributed by atoms with Gasteiger partial charge in [0.25, 0.3) is 5.91 Å². The highest BCUT2D eigenvalue weighted by Gasteiger charge is 2.37. The summed E-state index contributed by atoms with van der Waals surface area (Å²) in [6, 6.07) is 12.2. The van der Waals surface area contributed by atoms with Crippen LogP contribution >= 0.6 is 11.6 Å². The van der Waals surface area contributed by atoms with Crippen molar-refractivity contribution in [2.75, 3.05) is 13.7 Å². The predicted molar refractivity (Wildman–Crippen MR) is 85.6 cm³/mol. The smallest absolute Gasteiger partial charge is 0.254 e. The molecule has 0 saturated carbocycles. The number of hydrogen-bond acceptors (Lipinski definition) is 2. The molecule has 0 unspecified atom stereocenters. The number of carbonyl (C=O) groups is 1. The molecule has 0 fully saturated rings. The van der Waals surface area contributed by atoms with Gasteiger partial charge in [0.2, 0.25) is 0 Å². The first-order valence-electron chi connectivity index (χ1n) is 7.44. The normalized spacial score (nSPS) is 19.3. The molecule has 2 aromatic rings. The zero-order chi connectivity index (χ0) is 15.3. The second-order valence-corrected chi connectivity index (χ2v) is 6.22. The van der Waals surface area contributed by atoms with E-state index in [0.717, 1.165) is 30.5 Å². The second-order valence-electron chi connectivity index (χ2n) is 5.81. The summed E-state index contributed by atoms with van der Waals surface area (Å²) < 4.78 is 5.25. The number of benzene rings is 2. The van der Waals surface area contributed by atoms with Gasteiger partial charge in [0, 0.05) is 12.1 Å². The third-order valence-electron chi connectivity index (χ3n) is 4.69. The topological polar surface area (TPSA) is 29.5 Å². The van der Waals surface area contributed by atoms with E-state index < -0.39 is 0 Å². The maximum Gasteiger partial charge on any atom is 0.254 e. The maximum atomic E-state index is 12.9. The second kappa shape index (κ2) is 5.03. The highest BCUT2D eigenvalue weighted by atomic mass is 35.5. The molecule has 2 heterocycles. The van der Waals surface area contributed by atoms with Gasteiger partial charge in [0.15, 0.2) is 0 Å². The molecule has 2 aliphatic heterocycles. The number of halogens is 1. The minimum absolute atomic E-state index is 0.0794. The zero-order valence-electron chi connectivity index (χ0n) is 12.3. The Kier molecular flexibility index (Phi) is 3.12. The highest BCUT2D eigenvalue weighted by molar-refractivity contribution is 6.32. The number of fused-ring (bicyclic) bond motifs is 4. The number of nitrogens with zero attached hydrogens (tertiary/aromatic N) is 1. The maximum absolute atomic E-state index is 12.9. The number of carbonyl (C=O) groups excluding carboxylic acids is 1. The molecule has 3 nitrogen and oxygen atoms in total. The van der Waals surface area contributed by atoms with Gasteiger partial charge in [-0.1, -0.05) is 35.9 Å². The molecule has 1 amide bonds. The van der Waals surface area contributed by atoms with E-state index >= 15 is 0 Å². The average Bonchev–Trinajstić information content (AvgIpc) is 2.54. The molecule has 0 spiro atoms. The summed E-state index contributed by atoms with van der Waals surface area (Å²) in [5.41, 5.74) is 4.34. The molecule has 2 aromatic carbocycles. The van der Waals surface area contributed by atoms with Crippen molar-refractivity contribution in [2.45, 2.75) is 18.9 Å². The molecule has 0 aromatic heterocycles. The molecule has 112 valence electrons. The van der Waals surface area contributed by atoms with Crippen molar-refractivity contribution >= 4 is 17.5 Å². The zero-order valence-corrected chi connectivity index (χ0v) is 13.1. The van der Waals surface area contributed by atoms with Crippen LogP contribution in [-0.2, 0) is 12.8 Å². The Labute approximate surface area is 134 Å². The number of rotatable bonds is 1. The molecule has 0 radical (unpaired) electrons. The summed E-state index contributed by atoms with van der Waals surface area (Å²) in [5.74, 6) is 0.639. The average molecular weight is 314 g/mol. The van der Waals surface area contributed by atoms with Gasteiger partial charge >= 0.3 is 0 Å². The van der Waals surface area contributed by atoms with E-state index in [2.05, 4.69) is 18.2 Å². The molecule has 0 aliphatic carbocycles. The van der Waals surface area contributed by atoms with Crippen molar-refractivity contribution < 1.29 is 9.53 Å². The van der Waals surface area contributed by atoms with E-state index in [0.29, 0.717) is 10.8 Å². The number of ether oxygens (including phenoxy) is 1. The van der Waals surface area contributed by atoms with E-state index in [1.165, 1.54) is 11.1 Å². The largest absolute Gasteiger partial charge is 0.495 e. The van der Waals surface area contributed by atoms with Crippen molar-refractivity contribution in [3.05, 3.63) is 63.7 Å². The molecule has 0 N–H and O–H groups in total. The van der Waals surface area contributed by atoms with E-state index in [1.807, 2.05) is 17.0 Å². The van der Waals surface area contributed by atoms with Gasteiger partial charge in [-0.25, -0.2) is 0 Å².